The van der Waals surface area contributed by atoms with E-state index in [1.54, 1.807) is 18.2 Å². The second-order valence-electron chi connectivity index (χ2n) is 11.3. The Balaban J connectivity index is 0.967. The van der Waals surface area contributed by atoms with Crippen LogP contribution in [0.4, 0.5) is 20.4 Å². The van der Waals surface area contributed by atoms with E-state index in [0.717, 1.165) is 87.6 Å². The molecule has 4 aromatic rings. The van der Waals surface area contributed by atoms with Gasteiger partial charge in [0.2, 0.25) is 11.9 Å². The van der Waals surface area contributed by atoms with Crippen molar-refractivity contribution in [3.05, 3.63) is 90.0 Å². The molecule has 0 aliphatic carbocycles. The van der Waals surface area contributed by atoms with Crippen LogP contribution in [-0.4, -0.2) is 72.7 Å². The lowest BCUT2D eigenvalue weighted by molar-refractivity contribution is -0.125. The fraction of sp³-hybridized carbons (Fsp3) is 0.394. The fourth-order valence-corrected chi connectivity index (χ4v) is 6.20. The maximum atomic E-state index is 14.1. The lowest BCUT2D eigenvalue weighted by Crippen LogP contribution is -2.47. The van der Waals surface area contributed by atoms with Gasteiger partial charge in [0.05, 0.1) is 23.3 Å². The van der Waals surface area contributed by atoms with Crippen LogP contribution in [0.5, 0.6) is 0 Å². The Bertz CT molecular complexity index is 1510. The molecule has 2 fully saturated rings. The van der Waals surface area contributed by atoms with E-state index in [1.807, 2.05) is 42.5 Å². The van der Waals surface area contributed by atoms with E-state index >= 15 is 0 Å². The van der Waals surface area contributed by atoms with Crippen LogP contribution in [0, 0.1) is 17.6 Å². The van der Waals surface area contributed by atoms with Crippen LogP contribution < -0.4 is 15.1 Å². The molecule has 2 saturated heterocycles. The topological polar surface area (TPSA) is 56.6 Å². The molecule has 9 heteroatoms. The quantitative estimate of drug-likeness (QED) is 0.289. The van der Waals surface area contributed by atoms with Gasteiger partial charge in [-0.25, -0.2) is 13.8 Å². The third-order valence-corrected chi connectivity index (χ3v) is 8.53. The van der Waals surface area contributed by atoms with Crippen molar-refractivity contribution < 1.29 is 13.6 Å². The van der Waals surface area contributed by atoms with E-state index in [2.05, 4.69) is 24.6 Å². The summed E-state index contributed by atoms with van der Waals surface area (Å²) in [5.74, 6) is 0.586. The average Bonchev–Trinajstić information content (AvgIpc) is 3.38. The summed E-state index contributed by atoms with van der Waals surface area (Å²) in [6.45, 7) is 7.01. The van der Waals surface area contributed by atoms with E-state index in [1.165, 1.54) is 12.1 Å². The number of nitrogens with one attached hydrogen (secondary N) is 1. The summed E-state index contributed by atoms with van der Waals surface area (Å²) < 4.78 is 30.1. The molecule has 7 nitrogen and oxygen atoms in total. The summed E-state index contributed by atoms with van der Waals surface area (Å²) in [5, 5.41) is 3.16. The van der Waals surface area contributed by atoms with Gasteiger partial charge in [-0.1, -0.05) is 36.4 Å². The first-order valence-corrected chi connectivity index (χ1v) is 15.0. The zero-order valence-corrected chi connectivity index (χ0v) is 23.9. The van der Waals surface area contributed by atoms with Crippen molar-refractivity contribution in [3.63, 3.8) is 0 Å². The minimum atomic E-state index is -0.243. The Labute approximate surface area is 245 Å². The number of benzene rings is 3. The number of carbonyl (C=O) groups excluding carboxylic acids is 1. The number of hydrogen-bond donors (Lipinski definition) is 1. The van der Waals surface area contributed by atoms with Gasteiger partial charge in [-0.15, -0.1) is 0 Å². The summed E-state index contributed by atoms with van der Waals surface area (Å²) in [6, 6.07) is 21.7. The molecule has 0 radical (unpaired) electrons. The van der Waals surface area contributed by atoms with Gasteiger partial charge in [-0.2, -0.15) is 0 Å². The lowest BCUT2D eigenvalue weighted by Gasteiger charge is -2.36. The number of piperazine rings is 1. The predicted molar refractivity (Wildman–Crippen MR) is 163 cm³/mol. The lowest BCUT2D eigenvalue weighted by atomic mass is 9.96. The summed E-state index contributed by atoms with van der Waals surface area (Å²) in [5.41, 5.74) is 3.50. The molecule has 0 bridgehead atoms. The van der Waals surface area contributed by atoms with Crippen LogP contribution in [0.25, 0.3) is 11.0 Å². The fourth-order valence-electron chi connectivity index (χ4n) is 6.20. The zero-order chi connectivity index (χ0) is 28.9. The van der Waals surface area contributed by atoms with E-state index in [9.17, 15) is 13.6 Å². The minimum Gasteiger partial charge on any atom is -0.367 e. The van der Waals surface area contributed by atoms with Crippen molar-refractivity contribution in [1.82, 2.24) is 19.8 Å². The Kier molecular flexibility index (Phi) is 8.65. The number of fused-ring (bicyclic) bond motifs is 1. The monoisotopic (exact) mass is 572 g/mol. The maximum absolute atomic E-state index is 14.1. The van der Waals surface area contributed by atoms with Crippen molar-refractivity contribution in [2.75, 3.05) is 62.2 Å². The molecule has 1 aromatic heterocycles. The number of nitrogens with zero attached hydrogens (tertiary/aromatic N) is 5. The van der Waals surface area contributed by atoms with Gasteiger partial charge in [0.1, 0.15) is 11.6 Å². The first-order chi connectivity index (χ1) is 20.5. The van der Waals surface area contributed by atoms with Gasteiger partial charge in [0, 0.05) is 51.7 Å². The molecule has 1 amide bonds. The van der Waals surface area contributed by atoms with Gasteiger partial charge < -0.3 is 19.7 Å². The predicted octanol–water partition coefficient (Wildman–Crippen LogP) is 4.91. The van der Waals surface area contributed by atoms with Crippen LogP contribution in [0.1, 0.15) is 24.8 Å². The third-order valence-electron chi connectivity index (χ3n) is 8.53. The Morgan fingerprint density at radius 2 is 1.62 bits per heavy atom. The number of rotatable bonds is 9. The van der Waals surface area contributed by atoms with Crippen LogP contribution in [0.3, 0.4) is 0 Å². The van der Waals surface area contributed by atoms with Crippen molar-refractivity contribution in [1.29, 1.82) is 0 Å². The molecule has 0 saturated carbocycles. The molecule has 3 heterocycles. The molecule has 1 N–H and O–H groups in total. The van der Waals surface area contributed by atoms with Crippen LogP contribution in [0.15, 0.2) is 72.8 Å². The molecule has 2 aliphatic heterocycles. The molecule has 0 spiro atoms. The maximum Gasteiger partial charge on any atom is 0.223 e. The number of aromatic nitrogens is 2. The number of amides is 1. The largest absolute Gasteiger partial charge is 0.367 e. The Morgan fingerprint density at radius 3 is 2.40 bits per heavy atom. The van der Waals surface area contributed by atoms with Gasteiger partial charge in [0.15, 0.2) is 0 Å². The molecular formula is C33H38F2N6O. The van der Waals surface area contributed by atoms with E-state index in [0.29, 0.717) is 18.8 Å². The molecule has 42 heavy (non-hydrogen) atoms. The first-order valence-electron chi connectivity index (χ1n) is 15.0. The van der Waals surface area contributed by atoms with E-state index < -0.39 is 0 Å². The molecule has 2 aliphatic rings. The highest BCUT2D eigenvalue weighted by atomic mass is 19.1. The molecule has 0 unspecified atom stereocenters. The highest BCUT2D eigenvalue weighted by Crippen LogP contribution is 2.28. The van der Waals surface area contributed by atoms with Crippen molar-refractivity contribution in [2.45, 2.75) is 25.8 Å². The summed E-state index contributed by atoms with van der Waals surface area (Å²) >= 11 is 0. The summed E-state index contributed by atoms with van der Waals surface area (Å²) in [7, 11) is 0. The SMILES string of the molecule is O=C(NCCCN1CCN(c2ccccc2F)CC1)C1CCN(c2nc3ccccc3n2Cc2cccc(F)c2)CC1. The Hall–Kier alpha value is -3.98. The van der Waals surface area contributed by atoms with Crippen molar-refractivity contribution >= 4 is 28.6 Å². The second-order valence-corrected chi connectivity index (χ2v) is 11.3. The van der Waals surface area contributed by atoms with E-state index in [-0.39, 0.29) is 23.5 Å². The number of imidazole rings is 1. The second kappa shape index (κ2) is 12.9. The standard InChI is InChI=1S/C33H38F2N6O/c34-27-8-5-7-25(23-27)24-41-31-12-4-2-10-29(31)37-33(41)40-17-13-26(14-18-40)32(42)36-15-6-16-38-19-21-39(22-20-38)30-11-3-1-9-28(30)35/h1-5,7-12,23,26H,6,13-22,24H2,(H,36,42). The number of halogens is 2. The summed E-state index contributed by atoms with van der Waals surface area (Å²) in [6.07, 6.45) is 2.44. The number of para-hydroxylation sites is 3. The summed E-state index contributed by atoms with van der Waals surface area (Å²) in [4.78, 5) is 24.6. The molecule has 3 aromatic carbocycles. The number of anilines is 2. The first kappa shape index (κ1) is 28.2. The van der Waals surface area contributed by atoms with Crippen LogP contribution in [0.2, 0.25) is 0 Å². The normalized spacial score (nSPS) is 16.7. The van der Waals surface area contributed by atoms with Crippen molar-refractivity contribution in [3.8, 4) is 0 Å². The number of hydrogen-bond acceptors (Lipinski definition) is 5. The smallest absolute Gasteiger partial charge is 0.223 e. The van der Waals surface area contributed by atoms with Crippen LogP contribution >= 0.6 is 0 Å². The molecule has 6 rings (SSSR count). The van der Waals surface area contributed by atoms with Gasteiger partial charge >= 0.3 is 0 Å². The number of piperidine rings is 1. The van der Waals surface area contributed by atoms with Crippen molar-refractivity contribution in [2.24, 2.45) is 5.92 Å². The highest BCUT2D eigenvalue weighted by molar-refractivity contribution is 5.80. The average molecular weight is 573 g/mol. The number of carbonyl (C=O) groups is 1. The molecule has 220 valence electrons. The van der Waals surface area contributed by atoms with E-state index in [4.69, 9.17) is 4.98 Å². The Morgan fingerprint density at radius 1 is 0.857 bits per heavy atom. The molecule has 0 atom stereocenters. The minimum absolute atomic E-state index is 0.00777. The van der Waals surface area contributed by atoms with Crippen LogP contribution in [-0.2, 0) is 11.3 Å². The third kappa shape index (κ3) is 6.41. The van der Waals surface area contributed by atoms with Gasteiger partial charge in [0.25, 0.3) is 0 Å². The molecular weight excluding hydrogens is 534 g/mol. The zero-order valence-electron chi connectivity index (χ0n) is 23.9. The highest BCUT2D eigenvalue weighted by Gasteiger charge is 2.28. The van der Waals surface area contributed by atoms with Gasteiger partial charge in [-0.3, -0.25) is 9.69 Å². The van der Waals surface area contributed by atoms with Gasteiger partial charge in [-0.05, 0) is 67.8 Å².